The van der Waals surface area contributed by atoms with Gasteiger partial charge in [0, 0.05) is 4.90 Å². The molecule has 0 aliphatic rings. The zero-order valence-electron chi connectivity index (χ0n) is 13.7. The van der Waals surface area contributed by atoms with E-state index in [4.69, 9.17) is 4.74 Å². The van der Waals surface area contributed by atoms with Crippen LogP contribution in [0.1, 0.15) is 28.9 Å². The predicted molar refractivity (Wildman–Crippen MR) is 91.6 cm³/mol. The van der Waals surface area contributed by atoms with E-state index in [1.165, 1.54) is 24.3 Å². The van der Waals surface area contributed by atoms with Crippen molar-refractivity contribution in [2.75, 3.05) is 6.61 Å². The molecule has 8 heteroatoms. The number of hydrogen-bond acceptors (Lipinski definition) is 4. The first-order valence-electron chi connectivity index (χ1n) is 7.62. The molecule has 26 heavy (non-hydrogen) atoms. The van der Waals surface area contributed by atoms with Crippen molar-refractivity contribution in [2.24, 2.45) is 0 Å². The van der Waals surface area contributed by atoms with E-state index >= 15 is 0 Å². The van der Waals surface area contributed by atoms with Crippen LogP contribution in [0.15, 0.2) is 59.5 Å². The number of nitrogens with one attached hydrogen (secondary N) is 1. The van der Waals surface area contributed by atoms with E-state index in [1.54, 1.807) is 6.92 Å². The molecule has 4 nitrogen and oxygen atoms in total. The summed E-state index contributed by atoms with van der Waals surface area (Å²) < 4.78 is 41.7. The van der Waals surface area contributed by atoms with E-state index in [0.717, 1.165) is 5.56 Å². The molecule has 0 bridgehead atoms. The summed E-state index contributed by atoms with van der Waals surface area (Å²) in [5.41, 5.74) is -3.42. The Balaban J connectivity index is 1.83. The molecule has 1 N–H and O–H groups in total. The Morgan fingerprint density at radius 1 is 1.08 bits per heavy atom. The first kappa shape index (κ1) is 19.8. The van der Waals surface area contributed by atoms with E-state index in [9.17, 15) is 22.8 Å². The quantitative estimate of drug-likeness (QED) is 0.596. The number of ether oxygens (including phenoxy) is 1. The van der Waals surface area contributed by atoms with E-state index in [-0.39, 0.29) is 28.3 Å². The van der Waals surface area contributed by atoms with Crippen molar-refractivity contribution in [3.05, 3.63) is 65.7 Å². The van der Waals surface area contributed by atoms with E-state index in [0.29, 0.717) is 0 Å². The second-order valence-electron chi connectivity index (χ2n) is 5.35. The van der Waals surface area contributed by atoms with Gasteiger partial charge in [-0.15, -0.1) is 0 Å². The highest BCUT2D eigenvalue weighted by Gasteiger charge is 2.29. The number of amides is 1. The van der Waals surface area contributed by atoms with Crippen LogP contribution in [-0.4, -0.2) is 24.0 Å². The van der Waals surface area contributed by atoms with Gasteiger partial charge in [0.05, 0.1) is 11.6 Å². The Morgan fingerprint density at radius 2 is 1.69 bits per heavy atom. The van der Waals surface area contributed by atoms with Crippen molar-refractivity contribution >= 4 is 23.6 Å². The van der Waals surface area contributed by atoms with E-state index in [1.807, 2.05) is 30.3 Å². The minimum atomic E-state index is -4.39. The Labute approximate surface area is 152 Å². The van der Waals surface area contributed by atoms with Gasteiger partial charge in [-0.05, 0) is 48.5 Å². The zero-order chi connectivity index (χ0) is 19.2. The van der Waals surface area contributed by atoms with Crippen LogP contribution in [0.25, 0.3) is 0 Å². The maximum atomic E-state index is 12.3. The lowest BCUT2D eigenvalue weighted by Gasteiger charge is -2.14. The van der Waals surface area contributed by atoms with Gasteiger partial charge in [0.25, 0.3) is 5.91 Å². The molecule has 0 heterocycles. The van der Waals surface area contributed by atoms with Crippen LogP contribution < -0.4 is 5.32 Å². The van der Waals surface area contributed by atoms with Gasteiger partial charge in [-0.25, -0.2) is 4.79 Å². The van der Waals surface area contributed by atoms with Crippen LogP contribution in [-0.2, 0) is 9.53 Å². The fourth-order valence-corrected chi connectivity index (χ4v) is 2.65. The van der Waals surface area contributed by atoms with Crippen molar-refractivity contribution in [3.63, 3.8) is 0 Å². The number of alkyl halides is 3. The number of carbonyl (C=O) groups excluding carboxylic acids is 2. The summed E-state index contributed by atoms with van der Waals surface area (Å²) in [6, 6.07) is 13.8. The lowest BCUT2D eigenvalue weighted by atomic mass is 10.1. The van der Waals surface area contributed by atoms with Crippen LogP contribution >= 0.6 is 11.8 Å². The minimum absolute atomic E-state index is 0.0384. The maximum Gasteiger partial charge on any atom is 0.446 e. The zero-order valence-corrected chi connectivity index (χ0v) is 14.6. The average molecular weight is 383 g/mol. The van der Waals surface area contributed by atoms with Crippen LogP contribution in [0.5, 0.6) is 0 Å². The monoisotopic (exact) mass is 383 g/mol. The van der Waals surface area contributed by atoms with Crippen molar-refractivity contribution in [1.82, 2.24) is 5.32 Å². The molecule has 1 amide bonds. The van der Waals surface area contributed by atoms with Gasteiger partial charge in [0.2, 0.25) is 0 Å². The number of hydrogen-bond donors (Lipinski definition) is 1. The van der Waals surface area contributed by atoms with Crippen molar-refractivity contribution in [3.8, 4) is 0 Å². The highest BCUT2D eigenvalue weighted by molar-refractivity contribution is 8.00. The molecule has 1 atom stereocenters. The summed E-state index contributed by atoms with van der Waals surface area (Å²) in [5.74, 6) is -1.25. The SMILES string of the molecule is C[C@H](NC(=O)COC(=O)c1ccc(SC(F)(F)F)cc1)c1ccccc1. The molecular weight excluding hydrogens is 367 g/mol. The Kier molecular flexibility index (Phi) is 6.68. The highest BCUT2D eigenvalue weighted by atomic mass is 32.2. The van der Waals surface area contributed by atoms with Crippen LogP contribution in [0.4, 0.5) is 13.2 Å². The minimum Gasteiger partial charge on any atom is -0.452 e. The second-order valence-corrected chi connectivity index (χ2v) is 6.49. The van der Waals surface area contributed by atoms with Crippen molar-refractivity contribution < 1.29 is 27.5 Å². The van der Waals surface area contributed by atoms with Gasteiger partial charge in [0.15, 0.2) is 6.61 Å². The topological polar surface area (TPSA) is 55.4 Å². The summed E-state index contributed by atoms with van der Waals surface area (Å²) in [7, 11) is 0. The Hall–Kier alpha value is -2.48. The number of halogens is 3. The summed E-state index contributed by atoms with van der Waals surface area (Å²) in [5, 5.41) is 2.69. The number of benzene rings is 2. The van der Waals surface area contributed by atoms with Gasteiger partial charge in [-0.3, -0.25) is 4.79 Å². The summed E-state index contributed by atoms with van der Waals surface area (Å²) in [4.78, 5) is 23.7. The van der Waals surface area contributed by atoms with Crippen LogP contribution in [0, 0.1) is 0 Å². The van der Waals surface area contributed by atoms with Gasteiger partial charge in [-0.2, -0.15) is 13.2 Å². The van der Waals surface area contributed by atoms with Crippen LogP contribution in [0.2, 0.25) is 0 Å². The largest absolute Gasteiger partial charge is 0.452 e. The lowest BCUT2D eigenvalue weighted by molar-refractivity contribution is -0.124. The highest BCUT2D eigenvalue weighted by Crippen LogP contribution is 2.36. The molecule has 0 spiro atoms. The molecule has 0 radical (unpaired) electrons. The third-order valence-electron chi connectivity index (χ3n) is 3.34. The fourth-order valence-electron chi connectivity index (χ4n) is 2.12. The number of esters is 1. The van der Waals surface area contributed by atoms with Gasteiger partial charge >= 0.3 is 11.5 Å². The van der Waals surface area contributed by atoms with Crippen LogP contribution in [0.3, 0.4) is 0 Å². The van der Waals surface area contributed by atoms with Crippen molar-refractivity contribution in [2.45, 2.75) is 23.4 Å². The van der Waals surface area contributed by atoms with Gasteiger partial charge in [0.1, 0.15) is 0 Å². The molecule has 0 saturated heterocycles. The smallest absolute Gasteiger partial charge is 0.446 e. The molecule has 0 aromatic heterocycles. The van der Waals surface area contributed by atoms with E-state index in [2.05, 4.69) is 5.32 Å². The van der Waals surface area contributed by atoms with Gasteiger partial charge in [-0.1, -0.05) is 30.3 Å². The molecule has 0 aliphatic heterocycles. The molecule has 0 unspecified atom stereocenters. The molecule has 0 aliphatic carbocycles. The number of rotatable bonds is 6. The average Bonchev–Trinajstić information content (AvgIpc) is 2.59. The summed E-state index contributed by atoms with van der Waals surface area (Å²) >= 11 is -0.272. The second kappa shape index (κ2) is 8.75. The van der Waals surface area contributed by atoms with Gasteiger partial charge < -0.3 is 10.1 Å². The predicted octanol–water partition coefficient (Wildman–Crippen LogP) is 4.33. The van der Waals surface area contributed by atoms with Crippen molar-refractivity contribution in [1.29, 1.82) is 0 Å². The molecule has 2 rings (SSSR count). The third kappa shape index (κ3) is 6.44. The first-order chi connectivity index (χ1) is 12.2. The Bertz CT molecular complexity index is 749. The van der Waals surface area contributed by atoms with E-state index < -0.39 is 24.0 Å². The molecule has 0 saturated carbocycles. The number of thioether (sulfide) groups is 1. The fraction of sp³-hybridized carbons (Fsp3) is 0.222. The molecule has 0 fully saturated rings. The first-order valence-corrected chi connectivity index (χ1v) is 8.43. The molecule has 138 valence electrons. The maximum absolute atomic E-state index is 12.3. The Morgan fingerprint density at radius 3 is 2.27 bits per heavy atom. The molecule has 2 aromatic rings. The normalized spacial score (nSPS) is 12.3. The standard InChI is InChI=1S/C18H16F3NO3S/c1-12(13-5-3-2-4-6-13)22-16(23)11-25-17(24)14-7-9-15(10-8-14)26-18(19,20)21/h2-10,12H,11H2,1H3,(H,22,23)/t12-/m0/s1. The summed E-state index contributed by atoms with van der Waals surface area (Å²) in [6.45, 7) is 1.32. The number of carbonyl (C=O) groups is 2. The lowest BCUT2D eigenvalue weighted by Crippen LogP contribution is -2.31. The molecular formula is C18H16F3NO3S. The molecule has 2 aromatic carbocycles. The third-order valence-corrected chi connectivity index (χ3v) is 4.07. The summed E-state index contributed by atoms with van der Waals surface area (Å²) in [6.07, 6.45) is 0.